The molecule has 4 rings (SSSR count). The summed E-state index contributed by atoms with van der Waals surface area (Å²) in [5.74, 6) is -2.42. The van der Waals surface area contributed by atoms with E-state index in [0.717, 1.165) is 41.7 Å². The van der Waals surface area contributed by atoms with Crippen LogP contribution in [-0.2, 0) is 10.9 Å². The zero-order chi connectivity index (χ0) is 25.3. The normalized spacial score (nSPS) is 11.5. The molecule has 180 valence electrons. The van der Waals surface area contributed by atoms with Crippen molar-refractivity contribution in [3.63, 3.8) is 0 Å². The second kappa shape index (κ2) is 9.29. The molecular formula is C23H15F4N3O4S. The van der Waals surface area contributed by atoms with Gasteiger partial charge in [0, 0.05) is 16.3 Å². The molecule has 0 unspecified atom stereocenters. The number of nitrogens with zero attached hydrogens (tertiary/aromatic N) is 2. The number of halogens is 4. The number of alkyl halides is 3. The summed E-state index contributed by atoms with van der Waals surface area (Å²) in [5, 5.41) is 7.86. The number of amides is 1. The highest BCUT2D eigenvalue weighted by Crippen LogP contribution is 2.32. The average Bonchev–Trinajstić information content (AvgIpc) is 3.23. The molecule has 0 aliphatic heterocycles. The van der Waals surface area contributed by atoms with Crippen molar-refractivity contribution in [3.8, 4) is 5.69 Å². The van der Waals surface area contributed by atoms with Crippen molar-refractivity contribution in [3.05, 3.63) is 86.9 Å². The van der Waals surface area contributed by atoms with E-state index < -0.39 is 35.0 Å². The smallest absolute Gasteiger partial charge is 0.416 e. The van der Waals surface area contributed by atoms with Gasteiger partial charge in [0.1, 0.15) is 16.5 Å². The van der Waals surface area contributed by atoms with Crippen molar-refractivity contribution in [2.24, 2.45) is 0 Å². The second-order valence-corrected chi connectivity index (χ2v) is 8.00. The molecule has 2 aromatic carbocycles. The molecule has 0 radical (unpaired) electrons. The number of benzene rings is 2. The van der Waals surface area contributed by atoms with Crippen LogP contribution in [0.4, 0.5) is 22.6 Å². The van der Waals surface area contributed by atoms with Gasteiger partial charge in [0.25, 0.3) is 11.5 Å². The number of carbonyl (C=O) groups is 2. The zero-order valence-electron chi connectivity index (χ0n) is 17.9. The van der Waals surface area contributed by atoms with Crippen LogP contribution in [-0.4, -0.2) is 28.3 Å². The molecule has 2 heterocycles. The van der Waals surface area contributed by atoms with Crippen LogP contribution in [0.15, 0.2) is 58.7 Å². The molecule has 4 aromatic rings. The predicted molar refractivity (Wildman–Crippen MR) is 121 cm³/mol. The lowest BCUT2D eigenvalue weighted by atomic mass is 10.1. The molecule has 0 spiro atoms. The van der Waals surface area contributed by atoms with E-state index in [1.165, 1.54) is 23.6 Å². The first-order chi connectivity index (χ1) is 16.6. The minimum Gasteiger partial charge on any atom is -0.461 e. The van der Waals surface area contributed by atoms with E-state index >= 15 is 0 Å². The molecule has 0 saturated heterocycles. The molecule has 0 aliphatic carbocycles. The van der Waals surface area contributed by atoms with Gasteiger partial charge in [0.05, 0.1) is 17.6 Å². The molecule has 2 aromatic heterocycles. The fraction of sp³-hybridized carbons (Fsp3) is 0.130. The summed E-state index contributed by atoms with van der Waals surface area (Å²) in [6.07, 6.45) is -4.56. The summed E-state index contributed by atoms with van der Waals surface area (Å²) >= 11 is 0.898. The Hall–Kier alpha value is -4.06. The van der Waals surface area contributed by atoms with Crippen molar-refractivity contribution < 1.29 is 31.9 Å². The molecule has 0 fully saturated rings. The van der Waals surface area contributed by atoms with E-state index in [1.807, 2.05) is 0 Å². The van der Waals surface area contributed by atoms with Gasteiger partial charge in [-0.25, -0.2) is 9.18 Å². The molecule has 1 amide bonds. The number of aromatic nitrogens is 2. The quantitative estimate of drug-likeness (QED) is 0.303. The maximum Gasteiger partial charge on any atom is 0.416 e. The lowest BCUT2D eigenvalue weighted by Gasteiger charge is -2.11. The zero-order valence-corrected chi connectivity index (χ0v) is 18.7. The third kappa shape index (κ3) is 4.64. The van der Waals surface area contributed by atoms with Crippen LogP contribution in [0.2, 0.25) is 0 Å². The van der Waals surface area contributed by atoms with Crippen molar-refractivity contribution in [1.82, 2.24) is 9.78 Å². The highest BCUT2D eigenvalue weighted by Gasteiger charge is 2.30. The second-order valence-electron chi connectivity index (χ2n) is 7.12. The van der Waals surface area contributed by atoms with Gasteiger partial charge in [-0.1, -0.05) is 12.1 Å². The first-order valence-corrected chi connectivity index (χ1v) is 10.9. The predicted octanol–water partition coefficient (Wildman–Crippen LogP) is 5.03. The number of fused-ring (bicyclic) bond motifs is 1. The average molecular weight is 505 g/mol. The fourth-order valence-corrected chi connectivity index (χ4v) is 4.20. The summed E-state index contributed by atoms with van der Waals surface area (Å²) < 4.78 is 58.6. The number of carbonyl (C=O) groups excluding carboxylic acids is 2. The van der Waals surface area contributed by atoms with Crippen LogP contribution in [0.1, 0.15) is 33.3 Å². The summed E-state index contributed by atoms with van der Waals surface area (Å²) in [7, 11) is 0. The third-order valence-corrected chi connectivity index (χ3v) is 5.80. The number of hydrogen-bond donors (Lipinski definition) is 1. The molecule has 35 heavy (non-hydrogen) atoms. The fourth-order valence-electron chi connectivity index (χ4n) is 3.26. The first kappa shape index (κ1) is 24.1. The van der Waals surface area contributed by atoms with E-state index in [0.29, 0.717) is 4.68 Å². The minimum atomic E-state index is -4.56. The van der Waals surface area contributed by atoms with Crippen molar-refractivity contribution in [2.45, 2.75) is 13.1 Å². The number of nitrogens with one attached hydrogen (secondary N) is 1. The van der Waals surface area contributed by atoms with Gasteiger partial charge in [0.2, 0.25) is 0 Å². The number of para-hydroxylation sites is 1. The number of anilines is 1. The van der Waals surface area contributed by atoms with Crippen LogP contribution in [0, 0.1) is 5.82 Å². The summed E-state index contributed by atoms with van der Waals surface area (Å²) in [6, 6.07) is 8.80. The minimum absolute atomic E-state index is 0.00735. The topological polar surface area (TPSA) is 90.3 Å². The maximum absolute atomic E-state index is 14.4. The maximum atomic E-state index is 14.4. The Labute approximate surface area is 198 Å². The number of esters is 1. The lowest BCUT2D eigenvalue weighted by Crippen LogP contribution is -2.26. The molecule has 7 nitrogen and oxygen atoms in total. The third-order valence-electron chi connectivity index (χ3n) is 4.90. The van der Waals surface area contributed by atoms with Gasteiger partial charge in [0.15, 0.2) is 5.69 Å². The van der Waals surface area contributed by atoms with E-state index in [2.05, 4.69) is 10.4 Å². The van der Waals surface area contributed by atoms with E-state index in [9.17, 15) is 31.9 Å². The van der Waals surface area contributed by atoms with E-state index in [1.54, 1.807) is 6.92 Å². The molecule has 0 bridgehead atoms. The van der Waals surface area contributed by atoms with Gasteiger partial charge in [-0.15, -0.1) is 11.3 Å². The van der Waals surface area contributed by atoms with Crippen molar-refractivity contribution >= 4 is 39.0 Å². The van der Waals surface area contributed by atoms with Crippen LogP contribution in [0.5, 0.6) is 0 Å². The highest BCUT2D eigenvalue weighted by molar-refractivity contribution is 7.16. The Morgan fingerprint density at radius 3 is 2.43 bits per heavy atom. The molecule has 0 atom stereocenters. The Bertz CT molecular complexity index is 1490. The number of hydrogen-bond acceptors (Lipinski definition) is 6. The van der Waals surface area contributed by atoms with Crippen LogP contribution in [0.25, 0.3) is 16.5 Å². The monoisotopic (exact) mass is 505 g/mol. The first-order valence-electron chi connectivity index (χ1n) is 10.1. The van der Waals surface area contributed by atoms with Crippen LogP contribution >= 0.6 is 11.3 Å². The molecule has 12 heteroatoms. The SMILES string of the molecule is CCOC(=O)c1nn(-c2ccccc2F)c(=O)c2c(NC(=O)c3ccc(C(F)(F)F)cc3)scc12. The Kier molecular flexibility index (Phi) is 6.39. The molecule has 0 saturated carbocycles. The summed E-state index contributed by atoms with van der Waals surface area (Å²) in [5.41, 5.74) is -2.32. The molecule has 1 N–H and O–H groups in total. The highest BCUT2D eigenvalue weighted by atomic mass is 32.1. The van der Waals surface area contributed by atoms with E-state index in [-0.39, 0.29) is 39.3 Å². The van der Waals surface area contributed by atoms with Crippen LogP contribution < -0.4 is 10.9 Å². The van der Waals surface area contributed by atoms with E-state index in [4.69, 9.17) is 4.74 Å². The summed E-state index contributed by atoms with van der Waals surface area (Å²) in [4.78, 5) is 38.5. The van der Waals surface area contributed by atoms with Gasteiger partial charge in [-0.2, -0.15) is 23.0 Å². The van der Waals surface area contributed by atoms with Crippen molar-refractivity contribution in [2.75, 3.05) is 11.9 Å². The molecule has 0 aliphatic rings. The number of ether oxygens (including phenoxy) is 1. The van der Waals surface area contributed by atoms with Crippen LogP contribution in [0.3, 0.4) is 0 Å². The molecular weight excluding hydrogens is 490 g/mol. The van der Waals surface area contributed by atoms with Gasteiger partial charge in [-0.3, -0.25) is 9.59 Å². The Balaban J connectivity index is 1.82. The van der Waals surface area contributed by atoms with Gasteiger partial charge in [-0.05, 0) is 43.3 Å². The lowest BCUT2D eigenvalue weighted by molar-refractivity contribution is -0.137. The van der Waals surface area contributed by atoms with Crippen molar-refractivity contribution in [1.29, 1.82) is 0 Å². The Morgan fingerprint density at radius 2 is 1.80 bits per heavy atom. The largest absolute Gasteiger partial charge is 0.461 e. The Morgan fingerprint density at radius 1 is 1.11 bits per heavy atom. The standard InChI is InChI=1S/C23H15F4N3O4S/c1-2-34-22(33)18-14-11-35-20(28-19(31)12-7-9-13(10-8-12)23(25,26)27)17(14)21(32)30(29-18)16-6-4-3-5-15(16)24/h3-11H,2H2,1H3,(H,28,31). The number of rotatable bonds is 5. The summed E-state index contributed by atoms with van der Waals surface area (Å²) in [6.45, 7) is 1.59. The van der Waals surface area contributed by atoms with Gasteiger partial charge < -0.3 is 10.1 Å². The van der Waals surface area contributed by atoms with Gasteiger partial charge >= 0.3 is 12.1 Å². The number of thiophene rings is 1.